The van der Waals surface area contributed by atoms with Crippen molar-refractivity contribution >= 4 is 65.9 Å². The van der Waals surface area contributed by atoms with Gasteiger partial charge in [-0.3, -0.25) is 0 Å². The lowest BCUT2D eigenvalue weighted by atomic mass is 9.82. The topological polar surface area (TPSA) is 36.3 Å². The molecule has 16 rings (SSSR count). The summed E-state index contributed by atoms with van der Waals surface area (Å²) >= 11 is 0. The fraction of sp³-hybridized carbons (Fsp3) is 0.0533. The molecule has 0 saturated carbocycles. The molecular weight excluding hydrogens is 957 g/mol. The van der Waals surface area contributed by atoms with Gasteiger partial charge in [0.05, 0.1) is 22.1 Å². The molecule has 0 spiro atoms. The molecule has 2 aliphatic rings. The van der Waals surface area contributed by atoms with Gasteiger partial charge in [-0.15, -0.1) is 0 Å². The van der Waals surface area contributed by atoms with Crippen molar-refractivity contribution in [1.82, 2.24) is 9.13 Å². The number of nitrogens with zero attached hydrogens (tertiary/aromatic N) is 4. The van der Waals surface area contributed by atoms with Crippen molar-refractivity contribution in [3.05, 3.63) is 300 Å². The zero-order valence-electron chi connectivity index (χ0n) is 43.8. The molecule has 0 bridgehead atoms. The Balaban J connectivity index is 0.852. The van der Waals surface area contributed by atoms with Gasteiger partial charge in [-0.2, -0.15) is 0 Å². The second kappa shape index (κ2) is 17.5. The highest BCUT2D eigenvalue weighted by molar-refractivity contribution is 6.15. The summed E-state index contributed by atoms with van der Waals surface area (Å²) < 4.78 is 4.86. The van der Waals surface area contributed by atoms with Crippen molar-refractivity contribution in [3.8, 4) is 55.9 Å². The first-order valence-corrected chi connectivity index (χ1v) is 27.4. The molecule has 1 aliphatic heterocycles. The van der Waals surface area contributed by atoms with Crippen LogP contribution in [-0.4, -0.2) is 15.0 Å². The molecule has 0 N–H and O–H groups in total. The van der Waals surface area contributed by atoms with E-state index < -0.39 is 0 Å². The molecule has 0 saturated heterocycles. The Kier molecular flexibility index (Phi) is 10.0. The quantitative estimate of drug-likeness (QED) is 0.153. The highest BCUT2D eigenvalue weighted by atomic mass is 15.1. The number of benzene rings is 12. The summed E-state index contributed by atoms with van der Waals surface area (Å²) in [6, 6.07) is 97.6. The van der Waals surface area contributed by atoms with Gasteiger partial charge in [-0.1, -0.05) is 214 Å². The van der Waals surface area contributed by atoms with E-state index in [0.717, 1.165) is 50.6 Å². The Morgan fingerprint density at radius 3 is 1.47 bits per heavy atom. The second-order valence-corrected chi connectivity index (χ2v) is 21.9. The van der Waals surface area contributed by atoms with Crippen molar-refractivity contribution in [2.45, 2.75) is 25.3 Å². The molecule has 1 atom stereocenters. The van der Waals surface area contributed by atoms with Gasteiger partial charge in [0.15, 0.2) is 0 Å². The Hall–Kier alpha value is -10.0. The number of fused-ring (bicyclic) bond motifs is 12. The van der Waals surface area contributed by atoms with Crippen LogP contribution in [0.2, 0.25) is 0 Å². The zero-order chi connectivity index (χ0) is 52.3. The van der Waals surface area contributed by atoms with Crippen LogP contribution >= 0.6 is 0 Å². The maximum atomic E-state index is 5.69. The molecule has 1 aliphatic carbocycles. The number of para-hydroxylation sites is 1. The van der Waals surface area contributed by atoms with E-state index >= 15 is 0 Å². The minimum absolute atomic E-state index is 0.144. The average Bonchev–Trinajstić information content (AvgIpc) is 4.13. The molecule has 4 heteroatoms. The van der Waals surface area contributed by atoms with Crippen LogP contribution in [0.15, 0.2) is 272 Å². The standard InChI is InChI=1S/C75H51N4/c1-75(2)65-28-15-14-27-59(65)60-35-29-55(46-66(60)75)74-76-67-36-30-49-21-12-13-26-58(49)72(67)73(77-74)54-22-16-25-57(41-54)79-70-38-32-51(48-19-8-4-9-20-48)43-62(70)64-45-53(34-40-71(64)79)52-33-39-69-63(44-52)61-42-50(47-17-6-3-7-18-47)31-37-68(61)78(69)56-23-10-5-11-24-56/h3-46,73H,1-2H3/q-1. The van der Waals surface area contributed by atoms with Crippen LogP contribution in [0.3, 0.4) is 0 Å². The fourth-order valence-corrected chi connectivity index (χ4v) is 13.2. The highest BCUT2D eigenvalue weighted by Crippen LogP contribution is 2.51. The molecule has 4 nitrogen and oxygen atoms in total. The molecule has 0 radical (unpaired) electrons. The van der Waals surface area contributed by atoms with Gasteiger partial charge in [0.2, 0.25) is 0 Å². The Labute approximate surface area is 458 Å². The summed E-state index contributed by atoms with van der Waals surface area (Å²) in [5.74, 6) is 0.755. The predicted octanol–water partition coefficient (Wildman–Crippen LogP) is 19.9. The summed E-state index contributed by atoms with van der Waals surface area (Å²) in [6.45, 7) is 4.67. The van der Waals surface area contributed by atoms with Crippen LogP contribution in [-0.2, 0) is 5.41 Å². The number of aliphatic imine (C=N–C) groups is 1. The van der Waals surface area contributed by atoms with E-state index in [1.165, 1.54) is 99.0 Å². The summed E-state index contributed by atoms with van der Waals surface area (Å²) in [5.41, 5.74) is 23.4. The molecule has 0 amide bonds. The molecular formula is C75H51N4-. The van der Waals surface area contributed by atoms with E-state index in [0.29, 0.717) is 0 Å². The number of hydrogen-bond acceptors (Lipinski definition) is 1. The summed E-state index contributed by atoms with van der Waals surface area (Å²) in [5, 5.41) is 12.9. The number of rotatable bonds is 7. The van der Waals surface area contributed by atoms with Gasteiger partial charge in [0.1, 0.15) is 0 Å². The number of amidine groups is 1. The first-order chi connectivity index (χ1) is 38.9. The van der Waals surface area contributed by atoms with Crippen LogP contribution in [0.25, 0.3) is 116 Å². The SMILES string of the molecule is CC1(C)c2ccccc2-c2ccc(C3=Nc4ccc5ccccc5c4C(c4cccc(-n5c6ccc(-c7ccccc7)cc6c6cc(-c7ccc8c(c7)c7cc(-c9ccccc9)ccc7n8-c7ccccc7)ccc65)c4)[N-]3)cc21. The maximum Gasteiger partial charge on any atom is 0.0541 e. The molecule has 14 aromatic rings. The van der Waals surface area contributed by atoms with Gasteiger partial charge in [-0.25, -0.2) is 0 Å². The van der Waals surface area contributed by atoms with Gasteiger partial charge >= 0.3 is 0 Å². The minimum Gasteiger partial charge on any atom is -0.453 e. The molecule has 1 unspecified atom stereocenters. The first-order valence-electron chi connectivity index (χ1n) is 27.4. The Bertz CT molecular complexity index is 4830. The monoisotopic (exact) mass is 1010 g/mol. The van der Waals surface area contributed by atoms with Gasteiger partial charge < -0.3 is 19.4 Å². The van der Waals surface area contributed by atoms with Crippen LogP contribution in [0.4, 0.5) is 5.69 Å². The molecule has 0 fully saturated rings. The lowest BCUT2D eigenvalue weighted by Gasteiger charge is -2.37. The van der Waals surface area contributed by atoms with E-state index in [1.807, 2.05) is 0 Å². The van der Waals surface area contributed by atoms with Gasteiger partial charge in [-0.05, 0) is 162 Å². The highest BCUT2D eigenvalue weighted by Gasteiger charge is 2.35. The van der Waals surface area contributed by atoms with E-state index in [9.17, 15) is 0 Å². The average molecular weight is 1010 g/mol. The third-order valence-electron chi connectivity index (χ3n) is 17.1. The van der Waals surface area contributed by atoms with Crippen LogP contribution in [0, 0.1) is 0 Å². The van der Waals surface area contributed by atoms with E-state index in [1.54, 1.807) is 0 Å². The Morgan fingerprint density at radius 1 is 0.354 bits per heavy atom. The first kappa shape index (κ1) is 45.2. The Morgan fingerprint density at radius 2 is 0.848 bits per heavy atom. The van der Waals surface area contributed by atoms with Crippen molar-refractivity contribution in [3.63, 3.8) is 0 Å². The van der Waals surface area contributed by atoms with Crippen molar-refractivity contribution < 1.29 is 0 Å². The third kappa shape index (κ3) is 7.11. The lowest BCUT2D eigenvalue weighted by molar-refractivity contribution is 0.660. The number of hydrogen-bond donors (Lipinski definition) is 0. The van der Waals surface area contributed by atoms with Crippen LogP contribution in [0.1, 0.15) is 47.7 Å². The molecule has 3 heterocycles. The third-order valence-corrected chi connectivity index (χ3v) is 17.1. The molecule has 12 aromatic carbocycles. The molecule has 372 valence electrons. The van der Waals surface area contributed by atoms with Crippen LogP contribution < -0.4 is 0 Å². The van der Waals surface area contributed by atoms with E-state index in [4.69, 9.17) is 10.3 Å². The van der Waals surface area contributed by atoms with Gasteiger partial charge in [0.25, 0.3) is 0 Å². The van der Waals surface area contributed by atoms with Gasteiger partial charge in [0, 0.05) is 44.4 Å². The zero-order valence-corrected chi connectivity index (χ0v) is 43.8. The maximum absolute atomic E-state index is 5.69. The summed E-state index contributed by atoms with van der Waals surface area (Å²) in [7, 11) is 0. The van der Waals surface area contributed by atoms with Crippen molar-refractivity contribution in [2.24, 2.45) is 4.99 Å². The summed E-state index contributed by atoms with van der Waals surface area (Å²) in [6.07, 6.45) is 0. The summed E-state index contributed by atoms with van der Waals surface area (Å²) in [4.78, 5) is 5.39. The van der Waals surface area contributed by atoms with E-state index in [2.05, 4.69) is 290 Å². The van der Waals surface area contributed by atoms with Crippen LogP contribution in [0.5, 0.6) is 0 Å². The second-order valence-electron chi connectivity index (χ2n) is 21.9. The predicted molar refractivity (Wildman–Crippen MR) is 331 cm³/mol. The smallest absolute Gasteiger partial charge is 0.0541 e. The normalized spacial score (nSPS) is 14.4. The van der Waals surface area contributed by atoms with E-state index in [-0.39, 0.29) is 11.5 Å². The lowest BCUT2D eigenvalue weighted by Crippen LogP contribution is -2.17. The fourth-order valence-electron chi connectivity index (χ4n) is 13.2. The molecule has 79 heavy (non-hydrogen) atoms. The number of aromatic nitrogens is 2. The largest absolute Gasteiger partial charge is 0.453 e. The molecule has 2 aromatic heterocycles. The van der Waals surface area contributed by atoms with Crippen molar-refractivity contribution in [1.29, 1.82) is 0 Å². The minimum atomic E-state index is -0.303. The van der Waals surface area contributed by atoms with Crippen molar-refractivity contribution in [2.75, 3.05) is 0 Å².